The molecule has 1 saturated heterocycles. The van der Waals surface area contributed by atoms with Gasteiger partial charge in [-0.05, 0) is 26.3 Å². The van der Waals surface area contributed by atoms with Crippen LogP contribution < -0.4 is 5.32 Å². The fourth-order valence-electron chi connectivity index (χ4n) is 2.04. The zero-order valence-corrected chi connectivity index (χ0v) is 8.66. The van der Waals surface area contributed by atoms with Crippen molar-refractivity contribution in [2.45, 2.75) is 38.1 Å². The average Bonchev–Trinajstić information content (AvgIpc) is 2.46. The van der Waals surface area contributed by atoms with Gasteiger partial charge in [0, 0.05) is 12.4 Å². The summed E-state index contributed by atoms with van der Waals surface area (Å²) in [7, 11) is 0. The van der Waals surface area contributed by atoms with E-state index >= 15 is 0 Å². The summed E-state index contributed by atoms with van der Waals surface area (Å²) in [4.78, 5) is 8.52. The van der Waals surface area contributed by atoms with Gasteiger partial charge in [-0.2, -0.15) is 0 Å². The van der Waals surface area contributed by atoms with Gasteiger partial charge in [-0.3, -0.25) is 9.97 Å². The number of nitrogens with one attached hydrogen (secondary N) is 1. The first-order valence-electron chi connectivity index (χ1n) is 5.33. The van der Waals surface area contributed by atoms with Gasteiger partial charge >= 0.3 is 0 Å². The molecule has 1 unspecified atom stereocenters. The van der Waals surface area contributed by atoms with E-state index in [-0.39, 0.29) is 5.54 Å². The van der Waals surface area contributed by atoms with Gasteiger partial charge in [0.2, 0.25) is 0 Å². The minimum absolute atomic E-state index is 0.0325. The van der Waals surface area contributed by atoms with Crippen molar-refractivity contribution in [2.75, 3.05) is 6.54 Å². The van der Waals surface area contributed by atoms with E-state index in [1.165, 1.54) is 19.3 Å². The molecule has 0 saturated carbocycles. The Labute approximate surface area is 85.0 Å². The van der Waals surface area contributed by atoms with Crippen LogP contribution in [0.3, 0.4) is 0 Å². The molecule has 76 valence electrons. The van der Waals surface area contributed by atoms with E-state index in [2.05, 4.69) is 22.2 Å². The van der Waals surface area contributed by atoms with Crippen LogP contribution in [0.2, 0.25) is 0 Å². The maximum absolute atomic E-state index is 4.39. The largest absolute Gasteiger partial charge is 0.306 e. The molecule has 3 nitrogen and oxygen atoms in total. The van der Waals surface area contributed by atoms with E-state index in [0.29, 0.717) is 0 Å². The second kappa shape index (κ2) is 4.05. The molecule has 14 heavy (non-hydrogen) atoms. The molecule has 1 atom stereocenters. The third-order valence-corrected chi connectivity index (χ3v) is 3.00. The number of hydrogen-bond acceptors (Lipinski definition) is 3. The molecule has 1 aromatic heterocycles. The van der Waals surface area contributed by atoms with Crippen LogP contribution in [0.15, 0.2) is 18.6 Å². The Kier molecular flexibility index (Phi) is 2.77. The minimum atomic E-state index is 0.0325. The molecule has 1 fully saturated rings. The first-order chi connectivity index (χ1) is 6.81. The van der Waals surface area contributed by atoms with Crippen molar-refractivity contribution in [1.82, 2.24) is 15.3 Å². The van der Waals surface area contributed by atoms with Crippen molar-refractivity contribution in [1.29, 1.82) is 0 Å². The molecular formula is C11H17N3. The number of aromatic nitrogens is 2. The van der Waals surface area contributed by atoms with Gasteiger partial charge < -0.3 is 5.32 Å². The monoisotopic (exact) mass is 191 g/mol. The summed E-state index contributed by atoms with van der Waals surface area (Å²) in [5, 5.41) is 3.57. The highest BCUT2D eigenvalue weighted by Crippen LogP contribution is 2.26. The van der Waals surface area contributed by atoms with Gasteiger partial charge in [-0.15, -0.1) is 0 Å². The molecule has 1 aromatic rings. The molecule has 1 N–H and O–H groups in total. The maximum Gasteiger partial charge on any atom is 0.0784 e. The minimum Gasteiger partial charge on any atom is -0.306 e. The Hall–Kier alpha value is -0.960. The second-order valence-electron chi connectivity index (χ2n) is 4.16. The summed E-state index contributed by atoms with van der Waals surface area (Å²) in [6.07, 6.45) is 10.4. The molecule has 2 rings (SSSR count). The van der Waals surface area contributed by atoms with E-state index in [1.807, 2.05) is 6.20 Å². The molecule has 0 bridgehead atoms. The smallest absolute Gasteiger partial charge is 0.0784 e. The zero-order chi connectivity index (χ0) is 9.86. The molecular weight excluding hydrogens is 174 g/mol. The highest BCUT2D eigenvalue weighted by molar-refractivity contribution is 5.10. The lowest BCUT2D eigenvalue weighted by Gasteiger charge is -2.28. The fraction of sp³-hybridized carbons (Fsp3) is 0.636. The summed E-state index contributed by atoms with van der Waals surface area (Å²) in [6, 6.07) is 0. The van der Waals surface area contributed by atoms with Crippen LogP contribution in [0.25, 0.3) is 0 Å². The Balaban J connectivity index is 2.21. The highest BCUT2D eigenvalue weighted by atomic mass is 15.0. The molecule has 2 heterocycles. The molecule has 0 spiro atoms. The summed E-state index contributed by atoms with van der Waals surface area (Å²) in [6.45, 7) is 3.31. The quantitative estimate of drug-likeness (QED) is 0.736. The Morgan fingerprint density at radius 2 is 2.21 bits per heavy atom. The number of hydrogen-bond donors (Lipinski definition) is 1. The van der Waals surface area contributed by atoms with Crippen LogP contribution in [0.1, 0.15) is 38.3 Å². The van der Waals surface area contributed by atoms with Gasteiger partial charge in [0.25, 0.3) is 0 Å². The summed E-state index contributed by atoms with van der Waals surface area (Å²) in [5.41, 5.74) is 1.10. The lowest BCUT2D eigenvalue weighted by atomic mass is 9.92. The average molecular weight is 191 g/mol. The molecule has 0 aliphatic carbocycles. The van der Waals surface area contributed by atoms with E-state index < -0.39 is 0 Å². The summed E-state index contributed by atoms with van der Waals surface area (Å²) < 4.78 is 0. The van der Waals surface area contributed by atoms with Crippen LogP contribution >= 0.6 is 0 Å². The zero-order valence-electron chi connectivity index (χ0n) is 8.66. The molecule has 0 radical (unpaired) electrons. The standard InChI is InChI=1S/C11H17N3/c1-11(5-3-2-4-6-14-11)10-9-12-7-8-13-10/h7-9,14H,2-6H2,1H3. The Morgan fingerprint density at radius 3 is 3.00 bits per heavy atom. The summed E-state index contributed by atoms with van der Waals surface area (Å²) >= 11 is 0. The number of rotatable bonds is 1. The third-order valence-electron chi connectivity index (χ3n) is 3.00. The van der Waals surface area contributed by atoms with Crippen molar-refractivity contribution >= 4 is 0 Å². The van der Waals surface area contributed by atoms with Crippen molar-refractivity contribution in [3.63, 3.8) is 0 Å². The third kappa shape index (κ3) is 1.93. The van der Waals surface area contributed by atoms with Crippen LogP contribution in [0.5, 0.6) is 0 Å². The van der Waals surface area contributed by atoms with Gasteiger partial charge in [-0.25, -0.2) is 0 Å². The molecule has 0 aromatic carbocycles. The molecule has 3 heteroatoms. The van der Waals surface area contributed by atoms with E-state index in [4.69, 9.17) is 0 Å². The predicted molar refractivity (Wildman–Crippen MR) is 55.9 cm³/mol. The van der Waals surface area contributed by atoms with Crippen LogP contribution in [-0.2, 0) is 5.54 Å². The van der Waals surface area contributed by atoms with Crippen molar-refractivity contribution in [3.8, 4) is 0 Å². The van der Waals surface area contributed by atoms with Crippen molar-refractivity contribution in [3.05, 3.63) is 24.3 Å². The van der Waals surface area contributed by atoms with E-state index in [0.717, 1.165) is 18.7 Å². The van der Waals surface area contributed by atoms with Gasteiger partial charge in [-0.1, -0.05) is 12.8 Å². The lowest BCUT2D eigenvalue weighted by molar-refractivity contribution is 0.348. The Morgan fingerprint density at radius 1 is 1.29 bits per heavy atom. The predicted octanol–water partition coefficient (Wildman–Crippen LogP) is 1.86. The molecule has 1 aliphatic rings. The Bertz CT molecular complexity index is 276. The highest BCUT2D eigenvalue weighted by Gasteiger charge is 2.28. The second-order valence-corrected chi connectivity index (χ2v) is 4.16. The topological polar surface area (TPSA) is 37.8 Å². The van der Waals surface area contributed by atoms with Crippen molar-refractivity contribution < 1.29 is 0 Å². The fourth-order valence-corrected chi connectivity index (χ4v) is 2.04. The molecule has 1 aliphatic heterocycles. The van der Waals surface area contributed by atoms with Gasteiger partial charge in [0.15, 0.2) is 0 Å². The van der Waals surface area contributed by atoms with Crippen LogP contribution in [0.4, 0.5) is 0 Å². The normalized spacial score (nSPS) is 28.4. The lowest BCUT2D eigenvalue weighted by Crippen LogP contribution is -2.39. The van der Waals surface area contributed by atoms with E-state index in [9.17, 15) is 0 Å². The van der Waals surface area contributed by atoms with Crippen LogP contribution in [-0.4, -0.2) is 16.5 Å². The van der Waals surface area contributed by atoms with E-state index in [1.54, 1.807) is 12.4 Å². The number of nitrogens with zero attached hydrogens (tertiary/aromatic N) is 2. The van der Waals surface area contributed by atoms with Gasteiger partial charge in [0.1, 0.15) is 0 Å². The van der Waals surface area contributed by atoms with Crippen molar-refractivity contribution in [2.24, 2.45) is 0 Å². The SMILES string of the molecule is CC1(c2cnccn2)CCCCCN1. The summed E-state index contributed by atoms with van der Waals surface area (Å²) in [5.74, 6) is 0. The maximum atomic E-state index is 4.39. The van der Waals surface area contributed by atoms with Gasteiger partial charge in [0.05, 0.1) is 17.4 Å². The first-order valence-corrected chi connectivity index (χ1v) is 5.33. The van der Waals surface area contributed by atoms with Crippen LogP contribution in [0, 0.1) is 0 Å². The first kappa shape index (κ1) is 9.59. The molecule has 0 amide bonds.